The van der Waals surface area contributed by atoms with Crippen molar-refractivity contribution in [2.24, 2.45) is 0 Å². The summed E-state index contributed by atoms with van der Waals surface area (Å²) in [4.78, 5) is 24.3. The van der Waals surface area contributed by atoms with Gasteiger partial charge in [0, 0.05) is 0 Å². The van der Waals surface area contributed by atoms with Crippen LogP contribution in [0.3, 0.4) is 0 Å². The van der Waals surface area contributed by atoms with Crippen LogP contribution in [0.15, 0.2) is 34.4 Å². The molecule has 25 heavy (non-hydrogen) atoms. The van der Waals surface area contributed by atoms with Gasteiger partial charge in [-0.15, -0.1) is 0 Å². The van der Waals surface area contributed by atoms with Gasteiger partial charge in [0.1, 0.15) is 18.2 Å². The molecule has 136 valence electrons. The van der Waals surface area contributed by atoms with Gasteiger partial charge in [-0.2, -0.15) is 8.42 Å². The molecule has 0 aromatic heterocycles. The number of esters is 2. The molecule has 0 atom stereocenters. The van der Waals surface area contributed by atoms with Crippen LogP contribution in [0.1, 0.15) is 0 Å². The summed E-state index contributed by atoms with van der Waals surface area (Å²) in [6.45, 7) is -0.649. The van der Waals surface area contributed by atoms with Crippen LogP contribution in [0, 0.1) is 5.82 Å². The summed E-state index contributed by atoms with van der Waals surface area (Å²) in [5, 5.41) is 0. The number of rotatable bonds is 4. The van der Waals surface area contributed by atoms with Gasteiger partial charge < -0.3 is 19.1 Å². The second-order valence-electron chi connectivity index (χ2n) is 4.80. The summed E-state index contributed by atoms with van der Waals surface area (Å²) >= 11 is 0. The van der Waals surface area contributed by atoms with Crippen LogP contribution < -0.4 is 4.90 Å². The van der Waals surface area contributed by atoms with E-state index in [1.807, 2.05) is 0 Å². The van der Waals surface area contributed by atoms with Crippen molar-refractivity contribution >= 4 is 27.7 Å². The molecule has 0 radical (unpaired) electrons. The van der Waals surface area contributed by atoms with Crippen LogP contribution in [0.4, 0.5) is 10.1 Å². The van der Waals surface area contributed by atoms with Crippen LogP contribution in [0.25, 0.3) is 0 Å². The summed E-state index contributed by atoms with van der Waals surface area (Å²) in [6, 6.07) is 2.44. The second kappa shape index (κ2) is 7.17. The van der Waals surface area contributed by atoms with Gasteiger partial charge in [-0.3, -0.25) is 4.55 Å². The Balaban J connectivity index is 2.67. The first kappa shape index (κ1) is 18.8. The molecule has 0 spiro atoms. The Hall–Kier alpha value is -2.50. The number of carbonyl (C=O) groups is 2. The molecule has 0 saturated carbocycles. The number of carbonyl (C=O) groups excluding carboxylic acids is 2. The van der Waals surface area contributed by atoms with E-state index in [0.717, 1.165) is 37.3 Å². The monoisotopic (exact) mass is 375 g/mol. The number of ether oxygens (including phenoxy) is 3. The molecule has 0 unspecified atom stereocenters. The third kappa shape index (κ3) is 3.78. The molecule has 0 fully saturated rings. The highest BCUT2D eigenvalue weighted by Crippen LogP contribution is 2.30. The Kier molecular flexibility index (Phi) is 5.40. The van der Waals surface area contributed by atoms with E-state index >= 15 is 0 Å². The number of benzene rings is 1. The summed E-state index contributed by atoms with van der Waals surface area (Å²) in [6.07, 6.45) is 0. The number of hydrogen-bond acceptors (Lipinski definition) is 8. The van der Waals surface area contributed by atoms with Crippen molar-refractivity contribution in [1.29, 1.82) is 0 Å². The standard InChI is InChI=1S/C14H14FNO8S/c1-22-13(17)9-6-24-7-16(12(9)14(18)23-2)11-5-8(25(19,20)21)3-4-10(11)15/h3-5H,6-7H2,1-2H3,(H,19,20,21). The lowest BCUT2D eigenvalue weighted by molar-refractivity contribution is -0.140. The molecule has 1 N–H and O–H groups in total. The summed E-state index contributed by atoms with van der Waals surface area (Å²) in [5.41, 5.74) is -0.985. The summed E-state index contributed by atoms with van der Waals surface area (Å²) in [7, 11) is -2.47. The Morgan fingerprint density at radius 1 is 1.24 bits per heavy atom. The fraction of sp³-hybridized carbons (Fsp3) is 0.286. The molecule has 1 aliphatic rings. The lowest BCUT2D eigenvalue weighted by Gasteiger charge is -2.31. The van der Waals surface area contributed by atoms with E-state index in [2.05, 4.69) is 9.47 Å². The number of nitrogens with zero attached hydrogens (tertiary/aromatic N) is 1. The second-order valence-corrected chi connectivity index (χ2v) is 6.23. The van der Waals surface area contributed by atoms with Crippen molar-refractivity contribution in [3.63, 3.8) is 0 Å². The Morgan fingerprint density at radius 3 is 2.44 bits per heavy atom. The molecule has 0 bridgehead atoms. The van der Waals surface area contributed by atoms with E-state index < -0.39 is 38.5 Å². The van der Waals surface area contributed by atoms with Crippen molar-refractivity contribution in [3.8, 4) is 0 Å². The predicted molar refractivity (Wildman–Crippen MR) is 80.6 cm³/mol. The van der Waals surface area contributed by atoms with Gasteiger partial charge in [-0.1, -0.05) is 0 Å². The third-order valence-electron chi connectivity index (χ3n) is 3.34. The Morgan fingerprint density at radius 2 is 1.88 bits per heavy atom. The highest BCUT2D eigenvalue weighted by molar-refractivity contribution is 7.85. The van der Waals surface area contributed by atoms with E-state index in [4.69, 9.17) is 9.29 Å². The lowest BCUT2D eigenvalue weighted by atomic mass is 10.1. The zero-order valence-electron chi connectivity index (χ0n) is 13.2. The Labute approximate surface area is 142 Å². The Bertz CT molecular complexity index is 848. The molecule has 1 heterocycles. The maximum Gasteiger partial charge on any atom is 0.355 e. The number of anilines is 1. The molecular formula is C14H14FNO8S. The fourth-order valence-corrected chi connectivity index (χ4v) is 2.69. The van der Waals surface area contributed by atoms with Crippen LogP contribution >= 0.6 is 0 Å². The first-order valence-corrected chi connectivity index (χ1v) is 8.16. The first-order chi connectivity index (χ1) is 11.7. The highest BCUT2D eigenvalue weighted by atomic mass is 32.2. The lowest BCUT2D eigenvalue weighted by Crippen LogP contribution is -2.39. The zero-order valence-corrected chi connectivity index (χ0v) is 14.0. The van der Waals surface area contributed by atoms with Gasteiger partial charge in [0.25, 0.3) is 10.1 Å². The molecule has 1 aromatic carbocycles. The van der Waals surface area contributed by atoms with Crippen molar-refractivity contribution in [2.45, 2.75) is 4.90 Å². The van der Waals surface area contributed by atoms with E-state index in [0.29, 0.717) is 0 Å². The van der Waals surface area contributed by atoms with E-state index in [9.17, 15) is 22.4 Å². The largest absolute Gasteiger partial charge is 0.466 e. The molecule has 9 nitrogen and oxygen atoms in total. The minimum Gasteiger partial charge on any atom is -0.466 e. The molecule has 1 aromatic rings. The van der Waals surface area contributed by atoms with Crippen LogP contribution in [0.5, 0.6) is 0 Å². The minimum absolute atomic E-state index is 0.225. The average molecular weight is 375 g/mol. The number of methoxy groups -OCH3 is 2. The quantitative estimate of drug-likeness (QED) is 0.591. The average Bonchev–Trinajstić information content (AvgIpc) is 2.59. The van der Waals surface area contributed by atoms with Gasteiger partial charge in [0.05, 0.1) is 37.0 Å². The summed E-state index contributed by atoms with van der Waals surface area (Å²) in [5.74, 6) is -2.78. The van der Waals surface area contributed by atoms with Gasteiger partial charge >= 0.3 is 11.9 Å². The summed E-state index contributed by atoms with van der Waals surface area (Å²) < 4.78 is 60.2. The van der Waals surface area contributed by atoms with Gasteiger partial charge in [0.15, 0.2) is 0 Å². The van der Waals surface area contributed by atoms with Crippen LogP contribution in [0.2, 0.25) is 0 Å². The molecular weight excluding hydrogens is 361 g/mol. The highest BCUT2D eigenvalue weighted by Gasteiger charge is 2.34. The normalized spacial score (nSPS) is 15.1. The predicted octanol–water partition coefficient (Wildman–Crippen LogP) is 0.467. The minimum atomic E-state index is -4.62. The van der Waals surface area contributed by atoms with Crippen molar-refractivity contribution < 1.29 is 41.2 Å². The maximum atomic E-state index is 14.2. The van der Waals surface area contributed by atoms with Gasteiger partial charge in [-0.05, 0) is 18.2 Å². The van der Waals surface area contributed by atoms with Gasteiger partial charge in [0.2, 0.25) is 0 Å². The third-order valence-corrected chi connectivity index (χ3v) is 4.19. The fourth-order valence-electron chi connectivity index (χ4n) is 2.19. The number of hydrogen-bond donors (Lipinski definition) is 1. The molecule has 0 aliphatic carbocycles. The maximum absolute atomic E-state index is 14.2. The van der Waals surface area contributed by atoms with E-state index in [1.165, 1.54) is 0 Å². The smallest absolute Gasteiger partial charge is 0.355 e. The molecule has 0 amide bonds. The molecule has 0 saturated heterocycles. The SMILES string of the molecule is COC(=O)C1=C(C(=O)OC)N(c2cc(S(=O)(=O)O)ccc2F)COC1. The molecule has 11 heteroatoms. The zero-order chi connectivity index (χ0) is 18.8. The number of halogens is 1. The van der Waals surface area contributed by atoms with Crippen LogP contribution in [-0.2, 0) is 33.9 Å². The molecule has 2 rings (SSSR count). The van der Waals surface area contributed by atoms with Crippen molar-refractivity contribution in [3.05, 3.63) is 35.3 Å². The van der Waals surface area contributed by atoms with E-state index in [1.54, 1.807) is 0 Å². The van der Waals surface area contributed by atoms with Crippen molar-refractivity contribution in [2.75, 3.05) is 32.5 Å². The topological polar surface area (TPSA) is 119 Å². The molecule has 1 aliphatic heterocycles. The van der Waals surface area contributed by atoms with Crippen LogP contribution in [-0.4, -0.2) is 52.5 Å². The van der Waals surface area contributed by atoms with Crippen molar-refractivity contribution in [1.82, 2.24) is 0 Å². The van der Waals surface area contributed by atoms with Gasteiger partial charge in [-0.25, -0.2) is 14.0 Å². The van der Waals surface area contributed by atoms with E-state index in [-0.39, 0.29) is 24.6 Å². The first-order valence-electron chi connectivity index (χ1n) is 6.72.